The Balaban J connectivity index is 1.75. The second-order valence-corrected chi connectivity index (χ2v) is 4.99. The van der Waals surface area contributed by atoms with Crippen molar-refractivity contribution in [1.29, 1.82) is 0 Å². The summed E-state index contributed by atoms with van der Waals surface area (Å²) in [4.78, 5) is 16.4. The number of ether oxygens (including phenoxy) is 1. The molecule has 0 aliphatic heterocycles. The molecule has 0 fully saturated rings. The predicted molar refractivity (Wildman–Crippen MR) is 84.2 cm³/mol. The summed E-state index contributed by atoms with van der Waals surface area (Å²) in [5, 5.41) is 0. The molecule has 3 aromatic rings. The van der Waals surface area contributed by atoms with Crippen LogP contribution in [-0.4, -0.2) is 22.4 Å². The average molecular weight is 292 g/mol. The second-order valence-electron chi connectivity index (χ2n) is 4.99. The summed E-state index contributed by atoms with van der Waals surface area (Å²) < 4.78 is 7.09. The van der Waals surface area contributed by atoms with Crippen LogP contribution in [-0.2, 0) is 6.54 Å². The molecule has 0 spiro atoms. The zero-order chi connectivity index (χ0) is 15.4. The topological polar surface area (TPSA) is 44.1 Å². The number of imidazole rings is 1. The Morgan fingerprint density at radius 3 is 2.23 bits per heavy atom. The summed E-state index contributed by atoms with van der Waals surface area (Å²) in [6.07, 6.45) is 5.44. The first kappa shape index (κ1) is 14.1. The summed E-state index contributed by atoms with van der Waals surface area (Å²) in [5.41, 5.74) is 2.46. The number of hydrogen-bond donors (Lipinski definition) is 0. The van der Waals surface area contributed by atoms with Gasteiger partial charge < -0.3 is 9.30 Å². The van der Waals surface area contributed by atoms with Gasteiger partial charge in [-0.15, -0.1) is 0 Å². The van der Waals surface area contributed by atoms with Crippen LogP contribution in [0.15, 0.2) is 67.3 Å². The van der Waals surface area contributed by atoms with Gasteiger partial charge in [-0.3, -0.25) is 4.79 Å². The van der Waals surface area contributed by atoms with Crippen LogP contribution in [0.3, 0.4) is 0 Å². The summed E-state index contributed by atoms with van der Waals surface area (Å²) in [6.45, 7) is 0.747. The van der Waals surface area contributed by atoms with E-state index in [1.165, 1.54) is 0 Å². The van der Waals surface area contributed by atoms with Crippen LogP contribution in [0.1, 0.15) is 21.5 Å². The van der Waals surface area contributed by atoms with Crippen molar-refractivity contribution < 1.29 is 9.53 Å². The van der Waals surface area contributed by atoms with E-state index in [-0.39, 0.29) is 5.78 Å². The minimum atomic E-state index is 0.0110. The van der Waals surface area contributed by atoms with Crippen LogP contribution in [0.2, 0.25) is 0 Å². The summed E-state index contributed by atoms with van der Waals surface area (Å²) in [6, 6.07) is 14.8. The minimum Gasteiger partial charge on any atom is -0.497 e. The Morgan fingerprint density at radius 2 is 1.68 bits per heavy atom. The predicted octanol–water partition coefficient (Wildman–Crippen LogP) is 3.17. The molecular formula is C18H16N2O2. The maximum atomic E-state index is 12.4. The Morgan fingerprint density at radius 1 is 1.05 bits per heavy atom. The highest BCUT2D eigenvalue weighted by Gasteiger charge is 2.09. The molecule has 0 saturated heterocycles. The number of carbonyl (C=O) groups excluding carboxylic acids is 1. The molecule has 0 amide bonds. The van der Waals surface area contributed by atoms with E-state index >= 15 is 0 Å². The molecular weight excluding hydrogens is 276 g/mol. The van der Waals surface area contributed by atoms with E-state index in [0.29, 0.717) is 11.1 Å². The molecule has 2 aromatic carbocycles. The fraction of sp³-hybridized carbons (Fsp3) is 0.111. The van der Waals surface area contributed by atoms with Gasteiger partial charge in [0, 0.05) is 30.1 Å². The highest BCUT2D eigenvalue weighted by molar-refractivity contribution is 6.09. The molecule has 0 saturated carbocycles. The van der Waals surface area contributed by atoms with Gasteiger partial charge in [-0.25, -0.2) is 4.98 Å². The third-order valence-electron chi connectivity index (χ3n) is 3.49. The Kier molecular flexibility index (Phi) is 4.01. The highest BCUT2D eigenvalue weighted by Crippen LogP contribution is 2.16. The molecule has 0 atom stereocenters. The first-order valence-corrected chi connectivity index (χ1v) is 7.00. The van der Waals surface area contributed by atoms with Crippen molar-refractivity contribution in [2.24, 2.45) is 0 Å². The van der Waals surface area contributed by atoms with Gasteiger partial charge in [0.15, 0.2) is 5.78 Å². The minimum absolute atomic E-state index is 0.0110. The van der Waals surface area contributed by atoms with E-state index in [1.54, 1.807) is 43.9 Å². The van der Waals surface area contributed by atoms with Gasteiger partial charge in [0.25, 0.3) is 0 Å². The van der Waals surface area contributed by atoms with Gasteiger partial charge in [0.05, 0.1) is 13.4 Å². The number of rotatable bonds is 5. The smallest absolute Gasteiger partial charge is 0.193 e. The standard InChI is InChI=1S/C18H16N2O2/c1-22-17-8-6-16(7-9-17)18(21)15-4-2-14(3-5-15)12-20-11-10-19-13-20/h2-11,13H,12H2,1H3. The van der Waals surface area contributed by atoms with Gasteiger partial charge in [0.2, 0.25) is 0 Å². The van der Waals surface area contributed by atoms with Crippen LogP contribution in [0.5, 0.6) is 5.75 Å². The molecule has 0 unspecified atom stereocenters. The number of nitrogens with zero attached hydrogens (tertiary/aromatic N) is 2. The van der Waals surface area contributed by atoms with E-state index in [0.717, 1.165) is 17.9 Å². The molecule has 0 aliphatic rings. The maximum absolute atomic E-state index is 12.4. The molecule has 110 valence electrons. The van der Waals surface area contributed by atoms with Crippen LogP contribution in [0.25, 0.3) is 0 Å². The van der Waals surface area contributed by atoms with Gasteiger partial charge in [-0.2, -0.15) is 0 Å². The molecule has 1 heterocycles. The van der Waals surface area contributed by atoms with E-state index in [2.05, 4.69) is 4.98 Å². The van der Waals surface area contributed by atoms with Crippen molar-refractivity contribution in [3.05, 3.63) is 83.9 Å². The van der Waals surface area contributed by atoms with Crippen molar-refractivity contribution in [3.8, 4) is 5.75 Å². The maximum Gasteiger partial charge on any atom is 0.193 e. The quantitative estimate of drug-likeness (QED) is 0.678. The zero-order valence-corrected chi connectivity index (χ0v) is 12.3. The highest BCUT2D eigenvalue weighted by atomic mass is 16.5. The molecule has 3 rings (SSSR count). The number of benzene rings is 2. The molecule has 0 bridgehead atoms. The Labute approximate surface area is 129 Å². The first-order chi connectivity index (χ1) is 10.8. The van der Waals surface area contributed by atoms with Crippen molar-refractivity contribution in [3.63, 3.8) is 0 Å². The fourth-order valence-corrected chi connectivity index (χ4v) is 2.26. The third-order valence-corrected chi connectivity index (χ3v) is 3.49. The third kappa shape index (κ3) is 3.06. The summed E-state index contributed by atoms with van der Waals surface area (Å²) >= 11 is 0. The van der Waals surface area contributed by atoms with E-state index in [4.69, 9.17) is 4.74 Å². The van der Waals surface area contributed by atoms with Crippen molar-refractivity contribution in [1.82, 2.24) is 9.55 Å². The molecule has 0 radical (unpaired) electrons. The van der Waals surface area contributed by atoms with Crippen LogP contribution in [0.4, 0.5) is 0 Å². The number of ketones is 1. The molecule has 0 N–H and O–H groups in total. The SMILES string of the molecule is COc1ccc(C(=O)c2ccc(Cn3ccnc3)cc2)cc1. The van der Waals surface area contributed by atoms with Gasteiger partial charge in [-0.05, 0) is 29.8 Å². The number of hydrogen-bond acceptors (Lipinski definition) is 3. The lowest BCUT2D eigenvalue weighted by atomic mass is 10.0. The Bertz CT molecular complexity index is 745. The lowest BCUT2D eigenvalue weighted by Crippen LogP contribution is -2.02. The number of aromatic nitrogens is 2. The zero-order valence-electron chi connectivity index (χ0n) is 12.3. The molecule has 4 nitrogen and oxygen atoms in total. The van der Waals surface area contributed by atoms with Gasteiger partial charge >= 0.3 is 0 Å². The Hall–Kier alpha value is -2.88. The van der Waals surface area contributed by atoms with Gasteiger partial charge in [-0.1, -0.05) is 24.3 Å². The van der Waals surface area contributed by atoms with Crippen LogP contribution in [0, 0.1) is 0 Å². The lowest BCUT2D eigenvalue weighted by molar-refractivity contribution is 0.103. The van der Waals surface area contributed by atoms with Crippen molar-refractivity contribution >= 4 is 5.78 Å². The lowest BCUT2D eigenvalue weighted by Gasteiger charge is -2.06. The summed E-state index contributed by atoms with van der Waals surface area (Å²) in [5.74, 6) is 0.754. The number of methoxy groups -OCH3 is 1. The molecule has 22 heavy (non-hydrogen) atoms. The van der Waals surface area contributed by atoms with Crippen LogP contribution >= 0.6 is 0 Å². The molecule has 4 heteroatoms. The van der Waals surface area contributed by atoms with E-state index < -0.39 is 0 Å². The summed E-state index contributed by atoms with van der Waals surface area (Å²) in [7, 11) is 1.61. The van der Waals surface area contributed by atoms with Crippen molar-refractivity contribution in [2.75, 3.05) is 7.11 Å². The van der Waals surface area contributed by atoms with Crippen molar-refractivity contribution in [2.45, 2.75) is 6.54 Å². The number of carbonyl (C=O) groups is 1. The monoisotopic (exact) mass is 292 g/mol. The average Bonchev–Trinajstić information content (AvgIpc) is 3.08. The molecule has 0 aliphatic carbocycles. The van der Waals surface area contributed by atoms with E-state index in [9.17, 15) is 4.79 Å². The second kappa shape index (κ2) is 6.26. The first-order valence-electron chi connectivity index (χ1n) is 7.00. The van der Waals surface area contributed by atoms with E-state index in [1.807, 2.05) is 35.0 Å². The van der Waals surface area contributed by atoms with Gasteiger partial charge in [0.1, 0.15) is 5.75 Å². The molecule has 1 aromatic heterocycles. The fourth-order valence-electron chi connectivity index (χ4n) is 2.26. The normalized spacial score (nSPS) is 10.4. The largest absolute Gasteiger partial charge is 0.497 e. The van der Waals surface area contributed by atoms with Crippen LogP contribution < -0.4 is 4.74 Å².